The number of benzene rings is 1. The van der Waals surface area contributed by atoms with Gasteiger partial charge in [-0.3, -0.25) is 4.79 Å². The fourth-order valence-electron chi connectivity index (χ4n) is 1.80. The van der Waals surface area contributed by atoms with E-state index in [0.29, 0.717) is 5.69 Å². The number of nitrogens with zero attached hydrogens (tertiary/aromatic N) is 1. The molecule has 1 unspecified atom stereocenters. The Kier molecular flexibility index (Phi) is 4.32. The molecule has 0 aliphatic rings. The van der Waals surface area contributed by atoms with Crippen molar-refractivity contribution in [1.29, 1.82) is 0 Å². The van der Waals surface area contributed by atoms with E-state index >= 15 is 0 Å². The van der Waals surface area contributed by atoms with Crippen molar-refractivity contribution < 1.29 is 4.79 Å². The van der Waals surface area contributed by atoms with Gasteiger partial charge in [0.25, 0.3) is 5.91 Å². The molecule has 1 N–H and O–H groups in total. The van der Waals surface area contributed by atoms with Crippen molar-refractivity contribution in [3.8, 4) is 0 Å². The fraction of sp³-hybridized carbons (Fsp3) is 0.200. The van der Waals surface area contributed by atoms with Crippen LogP contribution in [-0.4, -0.2) is 10.9 Å². The van der Waals surface area contributed by atoms with Crippen LogP contribution in [-0.2, 0) is 0 Å². The highest BCUT2D eigenvalue weighted by molar-refractivity contribution is 9.10. The van der Waals surface area contributed by atoms with Crippen LogP contribution in [0.5, 0.6) is 0 Å². The van der Waals surface area contributed by atoms with Gasteiger partial charge < -0.3 is 5.32 Å². The molecule has 0 aliphatic heterocycles. The number of carbonyl (C=O) groups excluding carboxylic acids is 1. The quantitative estimate of drug-likeness (QED) is 0.938. The second-order valence-electron chi connectivity index (χ2n) is 4.41. The molecule has 1 amide bonds. The molecule has 0 fully saturated rings. The lowest BCUT2D eigenvalue weighted by Crippen LogP contribution is -2.27. The lowest BCUT2D eigenvalue weighted by Gasteiger charge is -2.14. The van der Waals surface area contributed by atoms with Crippen molar-refractivity contribution in [3.63, 3.8) is 0 Å². The van der Waals surface area contributed by atoms with E-state index < -0.39 is 0 Å². The first-order valence-corrected chi connectivity index (χ1v) is 6.85. The van der Waals surface area contributed by atoms with Crippen molar-refractivity contribution in [2.45, 2.75) is 19.9 Å². The normalized spacial score (nSPS) is 11.9. The summed E-state index contributed by atoms with van der Waals surface area (Å²) in [5.74, 6) is -0.156. The second kappa shape index (κ2) is 5.97. The van der Waals surface area contributed by atoms with Crippen LogP contribution in [0.2, 0.25) is 0 Å². The molecule has 0 bridgehead atoms. The summed E-state index contributed by atoms with van der Waals surface area (Å²) in [7, 11) is 0. The monoisotopic (exact) mass is 318 g/mol. The molecule has 0 saturated heterocycles. The SMILES string of the molecule is Cc1cccc(C(=O)NC(C)c2cccc(Br)c2)n1. The number of carbonyl (C=O) groups is 1. The number of halogens is 1. The Bertz CT molecular complexity index is 598. The lowest BCUT2D eigenvalue weighted by atomic mass is 10.1. The van der Waals surface area contributed by atoms with E-state index in [1.54, 1.807) is 6.07 Å². The predicted molar refractivity (Wildman–Crippen MR) is 79.0 cm³/mol. The number of pyridine rings is 1. The smallest absolute Gasteiger partial charge is 0.270 e. The minimum atomic E-state index is -0.156. The largest absolute Gasteiger partial charge is 0.344 e. The molecule has 2 aromatic rings. The molecule has 0 saturated carbocycles. The van der Waals surface area contributed by atoms with Crippen LogP contribution in [0.4, 0.5) is 0 Å². The molecule has 2 rings (SSSR count). The molecule has 4 heteroatoms. The zero-order chi connectivity index (χ0) is 13.8. The minimum Gasteiger partial charge on any atom is -0.344 e. The van der Waals surface area contributed by atoms with Crippen molar-refractivity contribution in [2.24, 2.45) is 0 Å². The average Bonchev–Trinajstić information content (AvgIpc) is 2.38. The van der Waals surface area contributed by atoms with E-state index in [4.69, 9.17) is 0 Å². The van der Waals surface area contributed by atoms with E-state index in [-0.39, 0.29) is 11.9 Å². The highest BCUT2D eigenvalue weighted by atomic mass is 79.9. The van der Waals surface area contributed by atoms with Gasteiger partial charge in [0, 0.05) is 10.2 Å². The van der Waals surface area contributed by atoms with E-state index in [1.807, 2.05) is 50.2 Å². The molecule has 0 radical (unpaired) electrons. The van der Waals surface area contributed by atoms with Crippen molar-refractivity contribution in [1.82, 2.24) is 10.3 Å². The number of amides is 1. The van der Waals surface area contributed by atoms with E-state index in [2.05, 4.69) is 26.2 Å². The van der Waals surface area contributed by atoms with Crippen LogP contribution in [0.3, 0.4) is 0 Å². The van der Waals surface area contributed by atoms with Crippen LogP contribution in [0.1, 0.15) is 34.7 Å². The van der Waals surface area contributed by atoms with Crippen LogP contribution in [0, 0.1) is 6.92 Å². The van der Waals surface area contributed by atoms with Gasteiger partial charge >= 0.3 is 0 Å². The van der Waals surface area contributed by atoms with Gasteiger partial charge in [-0.2, -0.15) is 0 Å². The van der Waals surface area contributed by atoms with E-state index in [0.717, 1.165) is 15.7 Å². The van der Waals surface area contributed by atoms with Gasteiger partial charge in [0.2, 0.25) is 0 Å². The summed E-state index contributed by atoms with van der Waals surface area (Å²) >= 11 is 3.43. The second-order valence-corrected chi connectivity index (χ2v) is 5.33. The number of aryl methyl sites for hydroxylation is 1. The summed E-state index contributed by atoms with van der Waals surface area (Å²) in [5.41, 5.74) is 2.33. The third kappa shape index (κ3) is 3.64. The number of aromatic nitrogens is 1. The topological polar surface area (TPSA) is 42.0 Å². The Balaban J connectivity index is 2.11. The molecule has 3 nitrogen and oxygen atoms in total. The molecular formula is C15H15BrN2O. The van der Waals surface area contributed by atoms with Crippen molar-refractivity contribution >= 4 is 21.8 Å². The van der Waals surface area contributed by atoms with Gasteiger partial charge in [0.1, 0.15) is 5.69 Å². The van der Waals surface area contributed by atoms with E-state index in [1.165, 1.54) is 0 Å². The molecule has 98 valence electrons. The first kappa shape index (κ1) is 13.7. The highest BCUT2D eigenvalue weighted by Gasteiger charge is 2.12. The Labute approximate surface area is 121 Å². The Morgan fingerprint density at radius 2 is 2.00 bits per heavy atom. The number of nitrogens with one attached hydrogen (secondary N) is 1. The molecule has 1 heterocycles. The average molecular weight is 319 g/mol. The van der Waals surface area contributed by atoms with Crippen molar-refractivity contribution in [3.05, 3.63) is 63.9 Å². The first-order valence-electron chi connectivity index (χ1n) is 6.06. The maximum absolute atomic E-state index is 12.1. The Hall–Kier alpha value is -1.68. The summed E-state index contributed by atoms with van der Waals surface area (Å²) in [6, 6.07) is 13.2. The van der Waals surface area contributed by atoms with Crippen LogP contribution in [0.15, 0.2) is 46.9 Å². The number of rotatable bonds is 3. The molecule has 19 heavy (non-hydrogen) atoms. The van der Waals surface area contributed by atoms with Gasteiger partial charge in [0.05, 0.1) is 6.04 Å². The molecule has 1 aromatic heterocycles. The summed E-state index contributed by atoms with van der Waals surface area (Å²) in [6.45, 7) is 3.82. The van der Waals surface area contributed by atoms with Crippen LogP contribution < -0.4 is 5.32 Å². The zero-order valence-corrected chi connectivity index (χ0v) is 12.4. The zero-order valence-electron chi connectivity index (χ0n) is 10.9. The number of hydrogen-bond donors (Lipinski definition) is 1. The summed E-state index contributed by atoms with van der Waals surface area (Å²) in [5, 5.41) is 2.94. The van der Waals surface area contributed by atoms with Crippen LogP contribution >= 0.6 is 15.9 Å². The Morgan fingerprint density at radius 3 is 2.68 bits per heavy atom. The van der Waals surface area contributed by atoms with E-state index in [9.17, 15) is 4.79 Å². The standard InChI is InChI=1S/C15H15BrN2O/c1-10-5-3-8-14(17-10)15(19)18-11(2)12-6-4-7-13(16)9-12/h3-9,11H,1-2H3,(H,18,19). The van der Waals surface area contributed by atoms with Gasteiger partial charge in [-0.25, -0.2) is 4.98 Å². The molecule has 1 atom stereocenters. The molecular weight excluding hydrogens is 304 g/mol. The van der Waals surface area contributed by atoms with Crippen LogP contribution in [0.25, 0.3) is 0 Å². The maximum Gasteiger partial charge on any atom is 0.270 e. The third-order valence-corrected chi connectivity index (χ3v) is 3.31. The summed E-state index contributed by atoms with van der Waals surface area (Å²) in [6.07, 6.45) is 0. The third-order valence-electron chi connectivity index (χ3n) is 2.82. The summed E-state index contributed by atoms with van der Waals surface area (Å²) in [4.78, 5) is 16.3. The predicted octanol–water partition coefficient (Wildman–Crippen LogP) is 3.64. The molecule has 0 spiro atoms. The van der Waals surface area contributed by atoms with Gasteiger partial charge in [-0.15, -0.1) is 0 Å². The highest BCUT2D eigenvalue weighted by Crippen LogP contribution is 2.18. The number of hydrogen-bond acceptors (Lipinski definition) is 2. The van der Waals surface area contributed by atoms with Gasteiger partial charge in [0.15, 0.2) is 0 Å². The lowest BCUT2D eigenvalue weighted by molar-refractivity contribution is 0.0934. The fourth-order valence-corrected chi connectivity index (χ4v) is 2.22. The van der Waals surface area contributed by atoms with Gasteiger partial charge in [-0.1, -0.05) is 34.1 Å². The molecule has 0 aliphatic carbocycles. The Morgan fingerprint density at radius 1 is 1.26 bits per heavy atom. The summed E-state index contributed by atoms with van der Waals surface area (Å²) < 4.78 is 1.000. The van der Waals surface area contributed by atoms with Gasteiger partial charge in [-0.05, 0) is 43.7 Å². The molecule has 1 aromatic carbocycles. The minimum absolute atomic E-state index is 0.0627. The first-order chi connectivity index (χ1) is 9.06. The maximum atomic E-state index is 12.1. The van der Waals surface area contributed by atoms with Crippen molar-refractivity contribution in [2.75, 3.05) is 0 Å².